The molecule has 1 fully saturated rings. The highest BCUT2D eigenvalue weighted by molar-refractivity contribution is 7.90. The molecule has 1 aromatic heterocycles. The Hall–Kier alpha value is -1.53. The molecule has 1 aromatic carbocycles. The van der Waals surface area contributed by atoms with Crippen LogP contribution in [0.5, 0.6) is 0 Å². The molecule has 0 atom stereocenters. The molecule has 0 amide bonds. The number of nitrogens with zero attached hydrogens (tertiary/aromatic N) is 1. The number of rotatable bonds is 3. The van der Waals surface area contributed by atoms with E-state index in [4.69, 9.17) is 0 Å². The number of nitrogens with one attached hydrogen (secondary N) is 2. The minimum atomic E-state index is -3.34. The number of aromatic nitrogens is 1. The number of fused-ring (bicyclic) bond motifs is 1. The highest BCUT2D eigenvalue weighted by Gasteiger charge is 2.32. The average Bonchev–Trinajstić information content (AvgIpc) is 3.04. The molecule has 0 radical (unpaired) electrons. The number of hydrogen-bond acceptors (Lipinski definition) is 2. The van der Waals surface area contributed by atoms with Gasteiger partial charge in [0.2, 0.25) is 0 Å². The van der Waals surface area contributed by atoms with Gasteiger partial charge in [0.15, 0.2) is 0 Å². The summed E-state index contributed by atoms with van der Waals surface area (Å²) in [5, 5.41) is 0.882. The Morgan fingerprint density at radius 2 is 2.00 bits per heavy atom. The van der Waals surface area contributed by atoms with Gasteiger partial charge in [0, 0.05) is 30.2 Å². The molecule has 2 N–H and O–H groups in total. The van der Waals surface area contributed by atoms with Gasteiger partial charge in [-0.25, -0.2) is 0 Å². The SMILES string of the molecule is O=S(=O)(Nc1c[nH]c2ccccc12)N1CC1. The molecule has 5 nitrogen and oxygen atoms in total. The van der Waals surface area contributed by atoms with E-state index >= 15 is 0 Å². The van der Waals surface area contributed by atoms with Crippen LogP contribution in [0.1, 0.15) is 0 Å². The molecular weight excluding hydrogens is 226 g/mol. The van der Waals surface area contributed by atoms with Gasteiger partial charge in [-0.2, -0.15) is 12.7 Å². The molecule has 0 aliphatic carbocycles. The number of hydrogen-bond donors (Lipinski definition) is 2. The van der Waals surface area contributed by atoms with Crippen LogP contribution in [-0.2, 0) is 10.2 Å². The van der Waals surface area contributed by atoms with Crippen molar-refractivity contribution < 1.29 is 8.42 Å². The van der Waals surface area contributed by atoms with Crippen LogP contribution >= 0.6 is 0 Å². The highest BCUT2D eigenvalue weighted by atomic mass is 32.2. The van der Waals surface area contributed by atoms with Crippen molar-refractivity contribution in [2.24, 2.45) is 0 Å². The zero-order chi connectivity index (χ0) is 11.2. The van der Waals surface area contributed by atoms with E-state index in [9.17, 15) is 8.42 Å². The summed E-state index contributed by atoms with van der Waals surface area (Å²) in [5.41, 5.74) is 1.52. The van der Waals surface area contributed by atoms with Crippen LogP contribution in [0, 0.1) is 0 Å². The molecule has 6 heteroatoms. The molecular formula is C10H11N3O2S. The lowest BCUT2D eigenvalue weighted by Crippen LogP contribution is -2.20. The van der Waals surface area contributed by atoms with Gasteiger partial charge in [-0.05, 0) is 6.07 Å². The predicted molar refractivity (Wildman–Crippen MR) is 62.4 cm³/mol. The normalized spacial score (nSPS) is 16.5. The van der Waals surface area contributed by atoms with Crippen molar-refractivity contribution in [1.29, 1.82) is 0 Å². The van der Waals surface area contributed by atoms with Crippen LogP contribution < -0.4 is 4.72 Å². The van der Waals surface area contributed by atoms with Gasteiger partial charge in [-0.3, -0.25) is 4.72 Å². The van der Waals surface area contributed by atoms with Gasteiger partial charge in [0.25, 0.3) is 0 Å². The van der Waals surface area contributed by atoms with Gasteiger partial charge in [0.05, 0.1) is 5.69 Å². The fourth-order valence-corrected chi connectivity index (χ4v) is 2.78. The Kier molecular flexibility index (Phi) is 1.95. The number of aromatic amines is 1. The second kappa shape index (κ2) is 3.23. The summed E-state index contributed by atoms with van der Waals surface area (Å²) in [7, 11) is -3.34. The van der Waals surface area contributed by atoms with Crippen LogP contribution in [0.25, 0.3) is 10.9 Å². The van der Waals surface area contributed by atoms with Gasteiger partial charge in [-0.15, -0.1) is 0 Å². The minimum absolute atomic E-state index is 0.600. The highest BCUT2D eigenvalue weighted by Crippen LogP contribution is 2.25. The van der Waals surface area contributed by atoms with Crippen LogP contribution in [0.2, 0.25) is 0 Å². The summed E-state index contributed by atoms with van der Waals surface area (Å²) in [4.78, 5) is 3.02. The molecule has 1 saturated heterocycles. The Balaban J connectivity index is 2.00. The summed E-state index contributed by atoms with van der Waals surface area (Å²) in [6.45, 7) is 1.22. The first-order chi connectivity index (χ1) is 7.67. The molecule has 84 valence electrons. The lowest BCUT2D eigenvalue weighted by atomic mass is 10.2. The van der Waals surface area contributed by atoms with Crippen LogP contribution in [-0.4, -0.2) is 30.8 Å². The van der Waals surface area contributed by atoms with Crippen molar-refractivity contribution in [2.45, 2.75) is 0 Å². The molecule has 16 heavy (non-hydrogen) atoms. The largest absolute Gasteiger partial charge is 0.359 e. The third-order valence-electron chi connectivity index (χ3n) is 2.57. The average molecular weight is 237 g/mol. The fourth-order valence-electron chi connectivity index (χ4n) is 1.64. The fraction of sp³-hybridized carbons (Fsp3) is 0.200. The van der Waals surface area contributed by atoms with E-state index < -0.39 is 10.2 Å². The topological polar surface area (TPSA) is 65.0 Å². The predicted octanol–water partition coefficient (Wildman–Crippen LogP) is 1.14. The maximum Gasteiger partial charge on any atom is 0.301 e. The summed E-state index contributed by atoms with van der Waals surface area (Å²) >= 11 is 0. The summed E-state index contributed by atoms with van der Waals surface area (Å²) < 4.78 is 27.4. The molecule has 1 aliphatic rings. The van der Waals surface area contributed by atoms with Gasteiger partial charge in [-0.1, -0.05) is 18.2 Å². The lowest BCUT2D eigenvalue weighted by molar-refractivity contribution is 0.569. The molecule has 3 rings (SSSR count). The van der Waals surface area contributed by atoms with Crippen molar-refractivity contribution in [3.8, 4) is 0 Å². The van der Waals surface area contributed by atoms with Crippen molar-refractivity contribution in [3.63, 3.8) is 0 Å². The quantitative estimate of drug-likeness (QED) is 0.786. The molecule has 0 saturated carbocycles. The molecule has 2 heterocycles. The van der Waals surface area contributed by atoms with Crippen LogP contribution in [0.3, 0.4) is 0 Å². The minimum Gasteiger partial charge on any atom is -0.359 e. The van der Waals surface area contributed by atoms with E-state index in [1.807, 2.05) is 24.3 Å². The molecule has 0 bridgehead atoms. The summed E-state index contributed by atoms with van der Waals surface area (Å²) in [5.74, 6) is 0. The van der Waals surface area contributed by atoms with E-state index in [-0.39, 0.29) is 0 Å². The van der Waals surface area contributed by atoms with Crippen molar-refractivity contribution in [3.05, 3.63) is 30.5 Å². The monoisotopic (exact) mass is 237 g/mol. The van der Waals surface area contributed by atoms with E-state index in [1.165, 1.54) is 4.31 Å². The number of anilines is 1. The zero-order valence-corrected chi connectivity index (χ0v) is 9.29. The van der Waals surface area contributed by atoms with Crippen molar-refractivity contribution in [1.82, 2.24) is 9.29 Å². The molecule has 2 aromatic rings. The van der Waals surface area contributed by atoms with E-state index in [1.54, 1.807) is 6.20 Å². The van der Waals surface area contributed by atoms with Gasteiger partial charge in [0.1, 0.15) is 0 Å². The second-order valence-corrected chi connectivity index (χ2v) is 5.42. The van der Waals surface area contributed by atoms with Gasteiger partial charge >= 0.3 is 10.2 Å². The van der Waals surface area contributed by atoms with E-state index in [0.717, 1.165) is 10.9 Å². The first-order valence-corrected chi connectivity index (χ1v) is 6.45. The molecule has 1 aliphatic heterocycles. The maximum absolute atomic E-state index is 11.7. The number of para-hydroxylation sites is 1. The van der Waals surface area contributed by atoms with Gasteiger partial charge < -0.3 is 4.98 Å². The van der Waals surface area contributed by atoms with Crippen LogP contribution in [0.4, 0.5) is 5.69 Å². The summed E-state index contributed by atoms with van der Waals surface area (Å²) in [6, 6.07) is 7.57. The Labute approximate surface area is 93.3 Å². The summed E-state index contributed by atoms with van der Waals surface area (Å²) in [6.07, 6.45) is 1.67. The first-order valence-electron chi connectivity index (χ1n) is 5.01. The van der Waals surface area contributed by atoms with Crippen LogP contribution in [0.15, 0.2) is 30.5 Å². The van der Waals surface area contributed by atoms with Crippen molar-refractivity contribution in [2.75, 3.05) is 17.8 Å². The lowest BCUT2D eigenvalue weighted by Gasteiger charge is -2.05. The smallest absolute Gasteiger partial charge is 0.301 e. The first kappa shape index (κ1) is 9.68. The second-order valence-electron chi connectivity index (χ2n) is 3.75. The van der Waals surface area contributed by atoms with Crippen molar-refractivity contribution >= 4 is 26.8 Å². The zero-order valence-electron chi connectivity index (χ0n) is 8.47. The molecule has 0 unspecified atom stereocenters. The van der Waals surface area contributed by atoms with E-state index in [0.29, 0.717) is 18.8 Å². The maximum atomic E-state index is 11.7. The number of benzene rings is 1. The Bertz CT molecular complexity index is 628. The number of H-pyrrole nitrogens is 1. The molecule has 0 spiro atoms. The van der Waals surface area contributed by atoms with E-state index in [2.05, 4.69) is 9.71 Å². The Morgan fingerprint density at radius 3 is 2.75 bits per heavy atom. The third kappa shape index (κ3) is 1.56. The third-order valence-corrected chi connectivity index (χ3v) is 4.10. The standard InChI is InChI=1S/C10H11N3O2S/c14-16(15,13-5-6-13)12-10-7-11-9-4-2-1-3-8(9)10/h1-4,7,11-12H,5-6H2. The Morgan fingerprint density at radius 1 is 1.25 bits per heavy atom.